The van der Waals surface area contributed by atoms with Gasteiger partial charge in [0.2, 0.25) is 0 Å². The summed E-state index contributed by atoms with van der Waals surface area (Å²) in [6.07, 6.45) is 8.08. The molecule has 3 aliphatic rings. The van der Waals surface area contributed by atoms with Gasteiger partial charge in [0.05, 0.1) is 0 Å². The molecule has 6 aromatic rings. The van der Waals surface area contributed by atoms with Crippen molar-refractivity contribution in [2.75, 3.05) is 0 Å². The molecule has 0 nitrogen and oxygen atoms in total. The van der Waals surface area contributed by atoms with E-state index in [1.54, 1.807) is 24.9 Å². The normalized spacial score (nSPS) is 18.7. The Balaban J connectivity index is 0.000000595. The predicted molar refractivity (Wildman–Crippen MR) is 203 cm³/mol. The fourth-order valence-electron chi connectivity index (χ4n) is 8.64. The van der Waals surface area contributed by atoms with E-state index < -0.39 is 0 Å². The fraction of sp³-hybridized carbons (Fsp3) is 0.200. The summed E-state index contributed by atoms with van der Waals surface area (Å²) in [4.78, 5) is 0. The van der Waals surface area contributed by atoms with Crippen molar-refractivity contribution in [1.29, 1.82) is 0 Å². The number of fused-ring (bicyclic) bond motifs is 4. The summed E-state index contributed by atoms with van der Waals surface area (Å²) in [5.41, 5.74) is 14.1. The zero-order valence-corrected chi connectivity index (χ0v) is 30.8. The van der Waals surface area contributed by atoms with Crippen LogP contribution < -0.4 is 0 Å². The minimum atomic E-state index is 0.412. The zero-order chi connectivity index (χ0) is 31.9. The summed E-state index contributed by atoms with van der Waals surface area (Å²) in [5, 5.41) is 5.24. The number of rotatable bonds is 4. The van der Waals surface area contributed by atoms with E-state index in [2.05, 4.69) is 147 Å². The van der Waals surface area contributed by atoms with Gasteiger partial charge in [-0.2, -0.15) is 0 Å². The molecule has 228 valence electrons. The summed E-state index contributed by atoms with van der Waals surface area (Å²) < 4.78 is 0.498. The Morgan fingerprint density at radius 1 is 0.511 bits per heavy atom. The molecule has 1 saturated heterocycles. The first-order chi connectivity index (χ1) is 23.1. The van der Waals surface area contributed by atoms with Crippen LogP contribution in [0.5, 0.6) is 0 Å². The van der Waals surface area contributed by atoms with Crippen LogP contribution in [-0.2, 0) is 24.4 Å². The molecule has 2 heteroatoms. The second-order valence-electron chi connectivity index (χ2n) is 13.7. The van der Waals surface area contributed by atoms with Gasteiger partial charge >= 0.3 is 264 Å². The van der Waals surface area contributed by atoms with E-state index in [4.69, 9.17) is 0 Å². The predicted octanol–water partition coefficient (Wildman–Crippen LogP) is 12.1. The third-order valence-electron chi connectivity index (χ3n) is 10.9. The van der Waals surface area contributed by atoms with Crippen LogP contribution in [0.3, 0.4) is 0 Å². The third kappa shape index (κ3) is 5.58. The molecule has 2 unspecified atom stereocenters. The van der Waals surface area contributed by atoms with Crippen molar-refractivity contribution in [3.05, 3.63) is 155 Å². The van der Waals surface area contributed by atoms with Gasteiger partial charge in [0, 0.05) is 9.52 Å². The Kier molecular flexibility index (Phi) is 8.58. The van der Waals surface area contributed by atoms with Crippen LogP contribution in [0.25, 0.3) is 56.0 Å². The summed E-state index contributed by atoms with van der Waals surface area (Å²) in [5.74, 6) is 0.825. The van der Waals surface area contributed by atoms with Crippen molar-refractivity contribution in [2.24, 2.45) is 0 Å². The van der Waals surface area contributed by atoms with Crippen molar-refractivity contribution in [2.45, 2.75) is 54.3 Å². The average Bonchev–Trinajstić information content (AvgIpc) is 3.87. The van der Waals surface area contributed by atoms with Gasteiger partial charge in [-0.3, -0.25) is 0 Å². The summed E-state index contributed by atoms with van der Waals surface area (Å²) >= 11 is 1.86. The van der Waals surface area contributed by atoms with Gasteiger partial charge in [0.25, 0.3) is 0 Å². The number of hydrogen-bond donors (Lipinski definition) is 0. The molecule has 0 amide bonds. The topological polar surface area (TPSA) is 0 Å². The van der Waals surface area contributed by atoms with Crippen LogP contribution >= 0.6 is 0 Å². The molecular formula is C45H41ScSi. The number of benzene rings is 6. The maximum atomic E-state index is 2.48. The summed E-state index contributed by atoms with van der Waals surface area (Å²) in [6.45, 7) is 4.71. The zero-order valence-electron chi connectivity index (χ0n) is 27.5. The van der Waals surface area contributed by atoms with Gasteiger partial charge in [0.1, 0.15) is 0 Å². The molecule has 0 radical (unpaired) electrons. The van der Waals surface area contributed by atoms with E-state index >= 15 is 0 Å². The molecule has 0 N–H and O–H groups in total. The van der Waals surface area contributed by atoms with Crippen LogP contribution in [0, 0.1) is 0 Å². The molecule has 0 spiro atoms. The second-order valence-corrected chi connectivity index (χ2v) is 17.1. The van der Waals surface area contributed by atoms with Crippen molar-refractivity contribution in [3.8, 4) is 22.3 Å². The van der Waals surface area contributed by atoms with Crippen LogP contribution in [-0.4, -0.2) is 9.52 Å². The quantitative estimate of drug-likeness (QED) is 0.166. The SMILES string of the molecule is C1CC[SiH2]C1.CC1=Cc2c(-c3cccc4ccccc34)cccc2C1[CH]([Sc])C1C(C)=Cc2c(-c3cccc4ccccc34)cccc21. The van der Waals surface area contributed by atoms with Crippen molar-refractivity contribution in [3.63, 3.8) is 0 Å². The third-order valence-corrected chi connectivity index (χ3v) is 14.1. The van der Waals surface area contributed by atoms with Crippen LogP contribution in [0.15, 0.2) is 132 Å². The van der Waals surface area contributed by atoms with E-state index in [1.807, 2.05) is 24.4 Å². The molecular weight excluding hydrogens is 614 g/mol. The van der Waals surface area contributed by atoms with Gasteiger partial charge in [-0.25, -0.2) is 0 Å². The van der Waals surface area contributed by atoms with E-state index in [0.717, 1.165) is 0 Å². The van der Waals surface area contributed by atoms with Gasteiger partial charge < -0.3 is 0 Å². The molecule has 6 aromatic carbocycles. The van der Waals surface area contributed by atoms with Gasteiger partial charge in [-0.15, -0.1) is 0 Å². The first-order valence-corrected chi connectivity index (χ1v) is 20.5. The second kappa shape index (κ2) is 13.1. The maximum absolute atomic E-state index is 2.48. The molecule has 9 rings (SSSR count). The molecule has 2 atom stereocenters. The van der Waals surface area contributed by atoms with Gasteiger partial charge in [-0.05, 0) is 0 Å². The number of allylic oxidation sites excluding steroid dienone is 2. The van der Waals surface area contributed by atoms with Crippen LogP contribution in [0.2, 0.25) is 15.8 Å². The molecule has 2 aliphatic carbocycles. The van der Waals surface area contributed by atoms with Crippen molar-refractivity contribution < 1.29 is 24.4 Å². The molecule has 0 aromatic heterocycles. The summed E-state index contributed by atoms with van der Waals surface area (Å²) in [6, 6.07) is 48.2. The molecule has 1 heterocycles. The molecule has 1 fully saturated rings. The first kappa shape index (κ1) is 30.7. The average molecular weight is 655 g/mol. The van der Waals surface area contributed by atoms with E-state index in [0.29, 0.717) is 25.0 Å². The van der Waals surface area contributed by atoms with E-state index in [9.17, 15) is 0 Å². The van der Waals surface area contributed by atoms with E-state index in [1.165, 1.54) is 77.2 Å². The Hall–Kier alpha value is -3.59. The first-order valence-electron chi connectivity index (χ1n) is 17.4. The Morgan fingerprint density at radius 2 is 0.915 bits per heavy atom. The number of hydrogen-bond acceptors (Lipinski definition) is 0. The standard InChI is InChI=1S/C41H31.C4H10Si.Sc/c1-26-23-40-34(32-17-7-13-28-11-3-5-15-30(28)32)19-9-21-36(40)38(26)25-39-27(2)24-41-35(20-10-22-37(39)41)33-18-8-14-29-12-4-6-16-31(29)33;1-2-4-5-3-1;/h3-25,38-39H,1-2H3;1-5H2;. The van der Waals surface area contributed by atoms with Crippen molar-refractivity contribution >= 4 is 43.2 Å². The Morgan fingerprint density at radius 3 is 1.36 bits per heavy atom. The van der Waals surface area contributed by atoms with Gasteiger partial charge in [-0.1, -0.05) is 24.9 Å². The molecule has 1 aliphatic heterocycles. The minimum absolute atomic E-state index is 0.412. The van der Waals surface area contributed by atoms with E-state index in [-0.39, 0.29) is 0 Å². The molecule has 47 heavy (non-hydrogen) atoms. The molecule has 0 bridgehead atoms. The monoisotopic (exact) mass is 654 g/mol. The Labute approximate surface area is 297 Å². The van der Waals surface area contributed by atoms with Crippen LogP contribution in [0.4, 0.5) is 0 Å². The fourth-order valence-corrected chi connectivity index (χ4v) is 12.0. The van der Waals surface area contributed by atoms with Gasteiger partial charge in [0.15, 0.2) is 0 Å². The van der Waals surface area contributed by atoms with Crippen molar-refractivity contribution in [1.82, 2.24) is 0 Å². The molecule has 0 saturated carbocycles. The van der Waals surface area contributed by atoms with Crippen LogP contribution in [0.1, 0.15) is 60.8 Å². The summed E-state index contributed by atoms with van der Waals surface area (Å²) in [7, 11) is 0.543. The Bertz CT molecular complexity index is 2010.